The Morgan fingerprint density at radius 2 is 1.87 bits per heavy atom. The normalized spacial score (nSPS) is 19.5. The maximum absolute atomic E-state index is 5.99. The van der Waals surface area contributed by atoms with Crippen LogP contribution in [0.5, 0.6) is 5.75 Å². The lowest BCUT2D eigenvalue weighted by atomic mass is 9.93. The molecule has 8 heteroatoms. The summed E-state index contributed by atoms with van der Waals surface area (Å²) < 4.78 is 13.2. The fraction of sp³-hybridized carbons (Fsp3) is 0.609. The summed E-state index contributed by atoms with van der Waals surface area (Å²) in [6, 6.07) is 8.39. The quantitative estimate of drug-likeness (QED) is 0.496. The van der Waals surface area contributed by atoms with Crippen LogP contribution in [0.3, 0.4) is 0 Å². The van der Waals surface area contributed by atoms with Crippen LogP contribution in [-0.4, -0.2) is 46.1 Å². The van der Waals surface area contributed by atoms with Gasteiger partial charge in [0.05, 0.1) is 32.4 Å². The minimum atomic E-state index is 0.285. The molecule has 0 atom stereocenters. The standard InChI is InChI=1S/C23H36N6O2/c1-16(2)31-21-12-8-19(9-13-21)26-23(25-15-22-28-27-17(3)29(22)4)24-14-18-6-10-20(30-5)11-7-18/h6-7,10-11,16,19,21H,8-9,12-15H2,1-5H3,(H2,24,25,26). The molecule has 0 spiro atoms. The summed E-state index contributed by atoms with van der Waals surface area (Å²) >= 11 is 0. The van der Waals surface area contributed by atoms with Gasteiger partial charge >= 0.3 is 0 Å². The van der Waals surface area contributed by atoms with E-state index in [0.717, 1.165) is 54.6 Å². The highest BCUT2D eigenvalue weighted by Crippen LogP contribution is 2.22. The number of guanidine groups is 1. The Hall–Kier alpha value is -2.61. The molecule has 31 heavy (non-hydrogen) atoms. The number of rotatable bonds is 8. The van der Waals surface area contributed by atoms with E-state index < -0.39 is 0 Å². The molecule has 8 nitrogen and oxygen atoms in total. The first-order valence-electron chi connectivity index (χ1n) is 11.1. The number of ether oxygens (including phenoxy) is 2. The number of hydrogen-bond acceptors (Lipinski definition) is 5. The average Bonchev–Trinajstić information content (AvgIpc) is 3.09. The first-order valence-corrected chi connectivity index (χ1v) is 11.1. The van der Waals surface area contributed by atoms with Gasteiger partial charge in [0.15, 0.2) is 11.8 Å². The van der Waals surface area contributed by atoms with Crippen LogP contribution < -0.4 is 15.4 Å². The molecule has 1 heterocycles. The molecule has 0 unspecified atom stereocenters. The number of aryl methyl sites for hydroxylation is 1. The van der Waals surface area contributed by atoms with Crippen LogP contribution in [0.15, 0.2) is 29.3 Å². The van der Waals surface area contributed by atoms with Gasteiger partial charge in [-0.1, -0.05) is 12.1 Å². The summed E-state index contributed by atoms with van der Waals surface area (Å²) in [5, 5.41) is 15.4. The molecule has 1 aromatic heterocycles. The summed E-state index contributed by atoms with van der Waals surface area (Å²) in [6.07, 6.45) is 4.95. The lowest BCUT2D eigenvalue weighted by molar-refractivity contribution is -0.0152. The van der Waals surface area contributed by atoms with Gasteiger partial charge in [0.2, 0.25) is 0 Å². The van der Waals surface area contributed by atoms with Gasteiger partial charge in [0.1, 0.15) is 11.6 Å². The van der Waals surface area contributed by atoms with E-state index in [1.165, 1.54) is 0 Å². The van der Waals surface area contributed by atoms with E-state index in [0.29, 0.717) is 25.2 Å². The van der Waals surface area contributed by atoms with Crippen LogP contribution in [0, 0.1) is 6.92 Å². The van der Waals surface area contributed by atoms with Crippen molar-refractivity contribution in [2.45, 2.75) is 77.8 Å². The number of benzene rings is 1. The number of nitrogens with zero attached hydrogens (tertiary/aromatic N) is 4. The van der Waals surface area contributed by atoms with Crippen LogP contribution in [0.1, 0.15) is 56.7 Å². The molecule has 0 saturated heterocycles. The molecule has 2 N–H and O–H groups in total. The molecule has 0 aliphatic heterocycles. The number of aromatic nitrogens is 3. The van der Waals surface area contributed by atoms with Gasteiger partial charge in [-0.3, -0.25) is 0 Å². The van der Waals surface area contributed by atoms with Crippen molar-refractivity contribution in [1.82, 2.24) is 25.4 Å². The van der Waals surface area contributed by atoms with E-state index in [1.54, 1.807) is 7.11 Å². The van der Waals surface area contributed by atoms with Gasteiger partial charge in [-0.25, -0.2) is 4.99 Å². The smallest absolute Gasteiger partial charge is 0.192 e. The highest BCUT2D eigenvalue weighted by atomic mass is 16.5. The Balaban J connectivity index is 1.62. The molecular weight excluding hydrogens is 392 g/mol. The van der Waals surface area contributed by atoms with E-state index in [-0.39, 0.29) is 6.10 Å². The predicted molar refractivity (Wildman–Crippen MR) is 122 cm³/mol. The van der Waals surface area contributed by atoms with Crippen molar-refractivity contribution in [2.24, 2.45) is 12.0 Å². The summed E-state index contributed by atoms with van der Waals surface area (Å²) in [4.78, 5) is 4.83. The summed E-state index contributed by atoms with van der Waals surface area (Å²) in [5.41, 5.74) is 1.13. The molecule has 1 aliphatic rings. The summed E-state index contributed by atoms with van der Waals surface area (Å²) in [6.45, 7) is 7.31. The highest BCUT2D eigenvalue weighted by molar-refractivity contribution is 5.80. The molecule has 0 amide bonds. The molecule has 170 valence electrons. The molecular formula is C23H36N6O2. The van der Waals surface area contributed by atoms with Crippen LogP contribution >= 0.6 is 0 Å². The lowest BCUT2D eigenvalue weighted by Crippen LogP contribution is -2.45. The van der Waals surface area contributed by atoms with E-state index in [1.807, 2.05) is 42.8 Å². The minimum absolute atomic E-state index is 0.285. The number of aliphatic imine (C=N–C) groups is 1. The predicted octanol–water partition coefficient (Wildman–Crippen LogP) is 3.10. The third kappa shape index (κ3) is 6.95. The fourth-order valence-electron chi connectivity index (χ4n) is 3.74. The van der Waals surface area contributed by atoms with Crippen molar-refractivity contribution in [3.05, 3.63) is 41.5 Å². The van der Waals surface area contributed by atoms with Crippen LogP contribution in [0.4, 0.5) is 0 Å². The largest absolute Gasteiger partial charge is 0.497 e. The monoisotopic (exact) mass is 428 g/mol. The van der Waals surface area contributed by atoms with Crippen molar-refractivity contribution in [2.75, 3.05) is 7.11 Å². The van der Waals surface area contributed by atoms with Gasteiger partial charge < -0.3 is 24.7 Å². The molecule has 0 radical (unpaired) electrons. The first kappa shape index (κ1) is 23.1. The Bertz CT molecular complexity index is 838. The second-order valence-corrected chi connectivity index (χ2v) is 8.39. The number of methoxy groups -OCH3 is 1. The van der Waals surface area contributed by atoms with Crippen molar-refractivity contribution >= 4 is 5.96 Å². The molecule has 2 aromatic rings. The third-order valence-electron chi connectivity index (χ3n) is 5.66. The van der Waals surface area contributed by atoms with Crippen molar-refractivity contribution in [3.8, 4) is 5.75 Å². The fourth-order valence-corrected chi connectivity index (χ4v) is 3.74. The zero-order valence-corrected chi connectivity index (χ0v) is 19.4. The van der Waals surface area contributed by atoms with Gasteiger partial charge in [0, 0.05) is 13.1 Å². The molecule has 1 aliphatic carbocycles. The number of nitrogens with one attached hydrogen (secondary N) is 2. The zero-order chi connectivity index (χ0) is 22.2. The molecule has 1 saturated carbocycles. The Kier molecular flexibility index (Phi) is 8.28. The molecule has 3 rings (SSSR count). The maximum atomic E-state index is 5.99. The van der Waals surface area contributed by atoms with Gasteiger partial charge in [0.25, 0.3) is 0 Å². The van der Waals surface area contributed by atoms with E-state index in [2.05, 4.69) is 34.7 Å². The van der Waals surface area contributed by atoms with E-state index in [9.17, 15) is 0 Å². The number of hydrogen-bond donors (Lipinski definition) is 2. The first-order chi connectivity index (χ1) is 14.9. The van der Waals surface area contributed by atoms with Crippen LogP contribution in [-0.2, 0) is 24.9 Å². The molecule has 1 aromatic carbocycles. The van der Waals surface area contributed by atoms with Gasteiger partial charge in [-0.2, -0.15) is 0 Å². The Morgan fingerprint density at radius 3 is 2.45 bits per heavy atom. The molecule has 1 fully saturated rings. The minimum Gasteiger partial charge on any atom is -0.497 e. The van der Waals surface area contributed by atoms with E-state index in [4.69, 9.17) is 14.5 Å². The summed E-state index contributed by atoms with van der Waals surface area (Å²) in [7, 11) is 3.65. The molecule has 0 bridgehead atoms. The van der Waals surface area contributed by atoms with Gasteiger partial charge in [-0.15, -0.1) is 10.2 Å². The maximum Gasteiger partial charge on any atom is 0.192 e. The lowest BCUT2D eigenvalue weighted by Gasteiger charge is -2.31. The third-order valence-corrected chi connectivity index (χ3v) is 5.66. The second-order valence-electron chi connectivity index (χ2n) is 8.39. The average molecular weight is 429 g/mol. The van der Waals surface area contributed by atoms with Crippen LogP contribution in [0.25, 0.3) is 0 Å². The zero-order valence-electron chi connectivity index (χ0n) is 19.4. The topological polar surface area (TPSA) is 85.6 Å². The van der Waals surface area contributed by atoms with Crippen molar-refractivity contribution in [3.63, 3.8) is 0 Å². The van der Waals surface area contributed by atoms with Crippen molar-refractivity contribution in [1.29, 1.82) is 0 Å². The van der Waals surface area contributed by atoms with Gasteiger partial charge in [-0.05, 0) is 64.2 Å². The van der Waals surface area contributed by atoms with Crippen molar-refractivity contribution < 1.29 is 9.47 Å². The summed E-state index contributed by atoms with van der Waals surface area (Å²) in [5.74, 6) is 3.42. The highest BCUT2D eigenvalue weighted by Gasteiger charge is 2.23. The Labute approximate surface area is 185 Å². The Morgan fingerprint density at radius 1 is 1.16 bits per heavy atom. The van der Waals surface area contributed by atoms with Crippen LogP contribution in [0.2, 0.25) is 0 Å². The second kappa shape index (κ2) is 11.1. The van der Waals surface area contributed by atoms with E-state index >= 15 is 0 Å². The SMILES string of the molecule is COc1ccc(CN=C(NCc2nnc(C)n2C)NC2CCC(OC(C)C)CC2)cc1.